The van der Waals surface area contributed by atoms with Gasteiger partial charge in [0.15, 0.2) is 5.96 Å². The van der Waals surface area contributed by atoms with E-state index in [1.54, 1.807) is 0 Å². The van der Waals surface area contributed by atoms with E-state index in [9.17, 15) is 0 Å². The van der Waals surface area contributed by atoms with Gasteiger partial charge in [-0.3, -0.25) is 9.89 Å². The van der Waals surface area contributed by atoms with Crippen molar-refractivity contribution < 1.29 is 9.47 Å². The maximum Gasteiger partial charge on any atom is 0.191 e. The van der Waals surface area contributed by atoms with Gasteiger partial charge in [-0.15, -0.1) is 24.0 Å². The molecule has 0 spiro atoms. The van der Waals surface area contributed by atoms with Crippen molar-refractivity contribution in [2.75, 3.05) is 53.1 Å². The fraction of sp³-hybridized carbons (Fsp3) is 0.708. The Kier molecular flexibility index (Phi) is 12.1. The fourth-order valence-corrected chi connectivity index (χ4v) is 4.35. The SMILES string of the molecule is CN=C(NCCCOCC1CCOC1)NCC(C(C)C)N1CCc2ccccc2C1.I. The van der Waals surface area contributed by atoms with Gasteiger partial charge in [-0.05, 0) is 36.3 Å². The van der Waals surface area contributed by atoms with Gasteiger partial charge in [-0.2, -0.15) is 0 Å². The van der Waals surface area contributed by atoms with Gasteiger partial charge in [0.1, 0.15) is 0 Å². The summed E-state index contributed by atoms with van der Waals surface area (Å²) in [7, 11) is 1.84. The number of guanidine groups is 1. The molecule has 1 aromatic carbocycles. The second-order valence-electron chi connectivity index (χ2n) is 8.84. The smallest absolute Gasteiger partial charge is 0.191 e. The Labute approximate surface area is 205 Å². The van der Waals surface area contributed by atoms with Gasteiger partial charge in [0.05, 0.1) is 13.2 Å². The molecule has 176 valence electrons. The molecule has 31 heavy (non-hydrogen) atoms. The van der Waals surface area contributed by atoms with Crippen LogP contribution in [0.15, 0.2) is 29.3 Å². The highest BCUT2D eigenvalue weighted by Gasteiger charge is 2.25. The lowest BCUT2D eigenvalue weighted by atomic mass is 9.95. The molecule has 0 bridgehead atoms. The summed E-state index contributed by atoms with van der Waals surface area (Å²) in [5, 5.41) is 6.97. The molecule has 2 aliphatic heterocycles. The lowest BCUT2D eigenvalue weighted by molar-refractivity contribution is 0.0888. The molecular weight excluding hydrogens is 503 g/mol. The van der Waals surface area contributed by atoms with Crippen LogP contribution in [0.25, 0.3) is 0 Å². The van der Waals surface area contributed by atoms with Crippen molar-refractivity contribution in [1.29, 1.82) is 0 Å². The molecule has 2 atom stereocenters. The summed E-state index contributed by atoms with van der Waals surface area (Å²) in [6.45, 7) is 11.9. The molecule has 1 aromatic rings. The maximum atomic E-state index is 5.78. The first-order chi connectivity index (χ1) is 14.7. The summed E-state index contributed by atoms with van der Waals surface area (Å²) in [4.78, 5) is 7.02. The van der Waals surface area contributed by atoms with Crippen LogP contribution in [-0.4, -0.2) is 70.0 Å². The van der Waals surface area contributed by atoms with Crippen molar-refractivity contribution in [3.8, 4) is 0 Å². The van der Waals surface area contributed by atoms with Crippen LogP contribution in [0.4, 0.5) is 0 Å². The topological polar surface area (TPSA) is 58.1 Å². The average molecular weight is 545 g/mol. The van der Waals surface area contributed by atoms with Crippen molar-refractivity contribution in [1.82, 2.24) is 15.5 Å². The Morgan fingerprint density at radius 2 is 2.06 bits per heavy atom. The minimum absolute atomic E-state index is 0. The van der Waals surface area contributed by atoms with E-state index in [0.717, 1.165) is 77.8 Å². The highest BCUT2D eigenvalue weighted by atomic mass is 127. The number of hydrogen-bond acceptors (Lipinski definition) is 4. The minimum atomic E-state index is 0. The fourth-order valence-electron chi connectivity index (χ4n) is 4.35. The van der Waals surface area contributed by atoms with Gasteiger partial charge in [0, 0.05) is 58.4 Å². The number of hydrogen-bond donors (Lipinski definition) is 2. The number of benzene rings is 1. The van der Waals surface area contributed by atoms with E-state index in [1.165, 1.54) is 11.1 Å². The van der Waals surface area contributed by atoms with E-state index in [1.807, 2.05) is 7.05 Å². The Bertz CT molecular complexity index is 665. The maximum absolute atomic E-state index is 5.78. The van der Waals surface area contributed by atoms with Gasteiger partial charge in [-0.1, -0.05) is 38.1 Å². The molecule has 2 unspecified atom stereocenters. The van der Waals surface area contributed by atoms with Gasteiger partial charge >= 0.3 is 0 Å². The van der Waals surface area contributed by atoms with Gasteiger partial charge in [-0.25, -0.2) is 0 Å². The van der Waals surface area contributed by atoms with E-state index >= 15 is 0 Å². The molecule has 7 heteroatoms. The monoisotopic (exact) mass is 544 g/mol. The Morgan fingerprint density at radius 3 is 2.77 bits per heavy atom. The van der Waals surface area contributed by atoms with Gasteiger partial charge in [0.2, 0.25) is 0 Å². The zero-order valence-electron chi connectivity index (χ0n) is 19.4. The van der Waals surface area contributed by atoms with E-state index < -0.39 is 0 Å². The van der Waals surface area contributed by atoms with Crippen molar-refractivity contribution in [3.05, 3.63) is 35.4 Å². The second kappa shape index (κ2) is 14.3. The average Bonchev–Trinajstić information content (AvgIpc) is 3.28. The summed E-state index contributed by atoms with van der Waals surface area (Å²) in [5.74, 6) is 2.04. The zero-order valence-corrected chi connectivity index (χ0v) is 21.8. The van der Waals surface area contributed by atoms with Crippen LogP contribution in [-0.2, 0) is 22.4 Å². The molecule has 3 rings (SSSR count). The molecule has 1 saturated heterocycles. The summed E-state index contributed by atoms with van der Waals surface area (Å²) < 4.78 is 11.2. The van der Waals surface area contributed by atoms with Crippen molar-refractivity contribution >= 4 is 29.9 Å². The normalized spacial score (nSPS) is 20.3. The Balaban J connectivity index is 0.00000341. The summed E-state index contributed by atoms with van der Waals surface area (Å²) in [6.07, 6.45) is 3.25. The molecule has 2 heterocycles. The highest BCUT2D eigenvalue weighted by Crippen LogP contribution is 2.22. The molecule has 0 amide bonds. The summed E-state index contributed by atoms with van der Waals surface area (Å²) >= 11 is 0. The standard InChI is InChI=1S/C24H40N4O2.HI/c1-19(2)23(28-12-9-21-7-4-5-8-22(21)16-28)15-27-24(25-3)26-11-6-13-29-17-20-10-14-30-18-20;/h4-5,7-8,19-20,23H,6,9-18H2,1-3H3,(H2,25,26,27);1H. The van der Waals surface area contributed by atoms with Gasteiger partial charge < -0.3 is 20.1 Å². The first-order valence-corrected chi connectivity index (χ1v) is 11.6. The predicted octanol–water partition coefficient (Wildman–Crippen LogP) is 3.30. The number of nitrogens with one attached hydrogen (secondary N) is 2. The molecule has 0 aliphatic carbocycles. The van der Waals surface area contributed by atoms with Crippen LogP contribution in [0.2, 0.25) is 0 Å². The van der Waals surface area contributed by atoms with Crippen molar-refractivity contribution in [3.63, 3.8) is 0 Å². The first kappa shape index (κ1) is 26.4. The zero-order chi connectivity index (χ0) is 21.2. The molecule has 0 saturated carbocycles. The minimum Gasteiger partial charge on any atom is -0.381 e. The van der Waals surface area contributed by atoms with Crippen LogP contribution in [0.1, 0.15) is 37.8 Å². The molecule has 0 radical (unpaired) electrons. The lowest BCUT2D eigenvalue weighted by Gasteiger charge is -2.38. The largest absolute Gasteiger partial charge is 0.381 e. The van der Waals surface area contributed by atoms with Crippen LogP contribution >= 0.6 is 24.0 Å². The molecule has 1 fully saturated rings. The van der Waals surface area contributed by atoms with Crippen molar-refractivity contribution in [2.45, 2.75) is 45.7 Å². The van der Waals surface area contributed by atoms with E-state index in [0.29, 0.717) is 17.9 Å². The number of nitrogens with zero attached hydrogens (tertiary/aromatic N) is 2. The van der Waals surface area contributed by atoms with Crippen LogP contribution in [0, 0.1) is 11.8 Å². The van der Waals surface area contributed by atoms with Crippen LogP contribution in [0.5, 0.6) is 0 Å². The third-order valence-corrected chi connectivity index (χ3v) is 6.24. The van der Waals surface area contributed by atoms with Crippen LogP contribution < -0.4 is 10.6 Å². The summed E-state index contributed by atoms with van der Waals surface area (Å²) in [6, 6.07) is 9.33. The molecule has 2 aliphatic rings. The number of halogens is 1. The lowest BCUT2D eigenvalue weighted by Crippen LogP contribution is -2.50. The third-order valence-electron chi connectivity index (χ3n) is 6.24. The molecule has 0 aromatic heterocycles. The number of fused-ring (bicyclic) bond motifs is 1. The quantitative estimate of drug-likeness (QED) is 0.205. The number of rotatable bonds is 10. The Morgan fingerprint density at radius 1 is 1.26 bits per heavy atom. The first-order valence-electron chi connectivity index (χ1n) is 11.6. The second-order valence-corrected chi connectivity index (χ2v) is 8.84. The predicted molar refractivity (Wildman–Crippen MR) is 138 cm³/mol. The van der Waals surface area contributed by atoms with Crippen LogP contribution in [0.3, 0.4) is 0 Å². The Hall–Kier alpha value is -0.900. The highest BCUT2D eigenvalue weighted by molar-refractivity contribution is 14.0. The molecule has 6 nitrogen and oxygen atoms in total. The third kappa shape index (κ3) is 8.51. The molecular formula is C24H41IN4O2. The number of aliphatic imine (C=N–C) groups is 1. The van der Waals surface area contributed by atoms with Crippen molar-refractivity contribution in [2.24, 2.45) is 16.8 Å². The van der Waals surface area contributed by atoms with E-state index in [-0.39, 0.29) is 24.0 Å². The van der Waals surface area contributed by atoms with E-state index in [2.05, 4.69) is 58.6 Å². The van der Waals surface area contributed by atoms with E-state index in [4.69, 9.17) is 9.47 Å². The molecule has 2 N–H and O–H groups in total. The number of ether oxygens (including phenoxy) is 2. The summed E-state index contributed by atoms with van der Waals surface area (Å²) in [5.41, 5.74) is 2.98. The van der Waals surface area contributed by atoms with Gasteiger partial charge in [0.25, 0.3) is 0 Å².